The van der Waals surface area contributed by atoms with Crippen LogP contribution in [0.15, 0.2) is 16.9 Å². The first kappa shape index (κ1) is 22.6. The Morgan fingerprint density at radius 3 is 2.24 bits per heavy atom. The molecule has 0 aliphatic heterocycles. The SMILES string of the molecule is CC#Cc1cc(Cl)c(-c2c(OC(=O)C(C)(C)C)n(CC)n(CC)c2=O)c(OC)c1. The number of ether oxygens (including phenoxy) is 2. The largest absolute Gasteiger partial charge is 0.496 e. The Bertz CT molecular complexity index is 1050. The zero-order chi connectivity index (χ0) is 21.9. The predicted molar refractivity (Wildman–Crippen MR) is 115 cm³/mol. The molecule has 2 aromatic rings. The molecule has 1 heterocycles. The molecular formula is C22H27ClN2O4. The van der Waals surface area contributed by atoms with Crippen molar-refractivity contribution in [1.29, 1.82) is 0 Å². The van der Waals surface area contributed by atoms with Crippen molar-refractivity contribution in [1.82, 2.24) is 9.36 Å². The molecule has 1 aromatic carbocycles. The number of hydrogen-bond acceptors (Lipinski definition) is 4. The van der Waals surface area contributed by atoms with Crippen molar-refractivity contribution in [3.63, 3.8) is 0 Å². The number of esters is 1. The van der Waals surface area contributed by atoms with Gasteiger partial charge in [0.2, 0.25) is 5.88 Å². The quantitative estimate of drug-likeness (QED) is 0.535. The fraction of sp³-hybridized carbons (Fsp3) is 0.455. The number of carbonyl (C=O) groups is 1. The van der Waals surface area contributed by atoms with E-state index in [4.69, 9.17) is 21.1 Å². The van der Waals surface area contributed by atoms with Gasteiger partial charge in [-0.3, -0.25) is 14.3 Å². The molecule has 0 fully saturated rings. The lowest BCUT2D eigenvalue weighted by Gasteiger charge is -2.19. The van der Waals surface area contributed by atoms with Gasteiger partial charge in [0.1, 0.15) is 11.3 Å². The minimum absolute atomic E-state index is 0.161. The number of benzene rings is 1. The van der Waals surface area contributed by atoms with Crippen LogP contribution in [0.5, 0.6) is 11.6 Å². The van der Waals surface area contributed by atoms with Gasteiger partial charge in [-0.15, -0.1) is 5.92 Å². The zero-order valence-electron chi connectivity index (χ0n) is 18.0. The molecule has 0 unspecified atom stereocenters. The summed E-state index contributed by atoms with van der Waals surface area (Å²) in [4.78, 5) is 25.9. The second-order valence-electron chi connectivity index (χ2n) is 7.47. The Balaban J connectivity index is 2.88. The summed E-state index contributed by atoms with van der Waals surface area (Å²) in [6, 6.07) is 3.39. The van der Waals surface area contributed by atoms with Crippen LogP contribution >= 0.6 is 11.6 Å². The molecule has 0 aliphatic carbocycles. The van der Waals surface area contributed by atoms with Gasteiger partial charge in [-0.05, 0) is 53.7 Å². The van der Waals surface area contributed by atoms with Crippen LogP contribution < -0.4 is 15.0 Å². The van der Waals surface area contributed by atoms with Crippen LogP contribution in [0.1, 0.15) is 47.1 Å². The van der Waals surface area contributed by atoms with Crippen LogP contribution in [0.25, 0.3) is 11.1 Å². The Morgan fingerprint density at radius 2 is 1.76 bits per heavy atom. The van der Waals surface area contributed by atoms with Crippen molar-refractivity contribution in [2.24, 2.45) is 5.41 Å². The van der Waals surface area contributed by atoms with Crippen LogP contribution in [0.4, 0.5) is 0 Å². The van der Waals surface area contributed by atoms with Crippen LogP contribution in [0.2, 0.25) is 5.02 Å². The summed E-state index contributed by atoms with van der Waals surface area (Å²) in [7, 11) is 1.49. The molecule has 0 saturated carbocycles. The molecule has 0 N–H and O–H groups in total. The predicted octanol–water partition coefficient (Wildman–Crippen LogP) is 4.34. The highest BCUT2D eigenvalue weighted by Crippen LogP contribution is 2.41. The summed E-state index contributed by atoms with van der Waals surface area (Å²) < 4.78 is 14.4. The molecule has 0 saturated heterocycles. The van der Waals surface area contributed by atoms with E-state index in [1.54, 1.807) is 44.5 Å². The Morgan fingerprint density at radius 1 is 1.14 bits per heavy atom. The maximum absolute atomic E-state index is 13.3. The lowest BCUT2D eigenvalue weighted by Crippen LogP contribution is -2.27. The summed E-state index contributed by atoms with van der Waals surface area (Å²) in [5.41, 5.74) is 0.197. The van der Waals surface area contributed by atoms with E-state index in [2.05, 4.69) is 11.8 Å². The standard InChI is InChI=1S/C22H27ClN2O4/c1-8-11-14-12-15(23)17(16(13-14)28-7)18-19(26)24(9-2)25(10-3)20(18)29-21(27)22(4,5)6/h12-13H,9-10H2,1-7H3. The highest BCUT2D eigenvalue weighted by atomic mass is 35.5. The molecule has 2 rings (SSSR count). The number of nitrogens with zero attached hydrogens (tertiary/aromatic N) is 2. The normalized spacial score (nSPS) is 11.0. The van der Waals surface area contributed by atoms with Gasteiger partial charge in [-0.25, -0.2) is 4.68 Å². The second kappa shape index (κ2) is 8.79. The van der Waals surface area contributed by atoms with E-state index >= 15 is 0 Å². The van der Waals surface area contributed by atoms with Gasteiger partial charge in [0.05, 0.1) is 23.1 Å². The summed E-state index contributed by atoms with van der Waals surface area (Å²) in [5.74, 6) is 5.85. The number of carbonyl (C=O) groups excluding carboxylic acids is 1. The van der Waals surface area contributed by atoms with Gasteiger partial charge in [0.25, 0.3) is 5.56 Å². The number of methoxy groups -OCH3 is 1. The van der Waals surface area contributed by atoms with Crippen molar-refractivity contribution >= 4 is 17.6 Å². The Labute approximate surface area is 176 Å². The molecule has 1 aromatic heterocycles. The van der Waals surface area contributed by atoms with Crippen LogP contribution in [0, 0.1) is 17.3 Å². The van der Waals surface area contributed by atoms with Crippen LogP contribution in [0.3, 0.4) is 0 Å². The van der Waals surface area contributed by atoms with Crippen LogP contribution in [-0.2, 0) is 17.9 Å². The third-order valence-electron chi connectivity index (χ3n) is 4.38. The average Bonchev–Trinajstić information content (AvgIpc) is 2.91. The molecular weight excluding hydrogens is 392 g/mol. The molecule has 0 aliphatic rings. The number of rotatable bonds is 5. The molecule has 0 amide bonds. The van der Waals surface area contributed by atoms with E-state index in [-0.39, 0.29) is 17.0 Å². The fourth-order valence-corrected chi connectivity index (χ4v) is 3.26. The summed E-state index contributed by atoms with van der Waals surface area (Å²) in [6.45, 7) is 11.6. The maximum Gasteiger partial charge on any atom is 0.317 e. The van der Waals surface area contributed by atoms with E-state index in [1.165, 1.54) is 11.8 Å². The van der Waals surface area contributed by atoms with Gasteiger partial charge in [-0.1, -0.05) is 17.5 Å². The molecule has 29 heavy (non-hydrogen) atoms. The monoisotopic (exact) mass is 418 g/mol. The summed E-state index contributed by atoms with van der Waals surface area (Å²) >= 11 is 6.56. The van der Waals surface area contributed by atoms with Crippen LogP contribution in [-0.4, -0.2) is 22.4 Å². The first-order valence-corrected chi connectivity index (χ1v) is 9.84. The molecule has 6 nitrogen and oxygen atoms in total. The first-order chi connectivity index (χ1) is 13.6. The highest BCUT2D eigenvalue weighted by molar-refractivity contribution is 6.34. The third-order valence-corrected chi connectivity index (χ3v) is 4.68. The first-order valence-electron chi connectivity index (χ1n) is 9.47. The summed E-state index contributed by atoms with van der Waals surface area (Å²) in [6.07, 6.45) is 0. The number of aromatic nitrogens is 2. The van der Waals surface area contributed by atoms with E-state index in [0.29, 0.717) is 35.0 Å². The molecule has 0 spiro atoms. The highest BCUT2D eigenvalue weighted by Gasteiger charge is 2.31. The smallest absolute Gasteiger partial charge is 0.317 e. The maximum atomic E-state index is 13.3. The lowest BCUT2D eigenvalue weighted by atomic mass is 9.97. The van der Waals surface area contributed by atoms with Crippen molar-refractivity contribution in [2.75, 3.05) is 7.11 Å². The fourth-order valence-electron chi connectivity index (χ4n) is 2.96. The van der Waals surface area contributed by atoms with Gasteiger partial charge in [-0.2, -0.15) is 0 Å². The molecule has 0 bridgehead atoms. The van der Waals surface area contributed by atoms with Gasteiger partial charge in [0, 0.05) is 18.7 Å². The molecule has 7 heteroatoms. The van der Waals surface area contributed by atoms with Crippen molar-refractivity contribution < 1.29 is 14.3 Å². The van der Waals surface area contributed by atoms with E-state index in [0.717, 1.165) is 0 Å². The molecule has 0 radical (unpaired) electrons. The zero-order valence-corrected chi connectivity index (χ0v) is 18.7. The Kier molecular flexibility index (Phi) is 6.86. The number of hydrogen-bond donors (Lipinski definition) is 0. The minimum atomic E-state index is -0.741. The minimum Gasteiger partial charge on any atom is -0.496 e. The number of halogens is 1. The van der Waals surface area contributed by atoms with E-state index < -0.39 is 11.4 Å². The Hall–Kier alpha value is -2.65. The second-order valence-corrected chi connectivity index (χ2v) is 7.87. The third kappa shape index (κ3) is 4.35. The molecule has 156 valence electrons. The topological polar surface area (TPSA) is 62.5 Å². The van der Waals surface area contributed by atoms with Crippen molar-refractivity contribution in [3.05, 3.63) is 33.1 Å². The van der Waals surface area contributed by atoms with E-state index in [9.17, 15) is 9.59 Å². The average molecular weight is 419 g/mol. The van der Waals surface area contributed by atoms with Crippen molar-refractivity contribution in [2.45, 2.75) is 54.6 Å². The van der Waals surface area contributed by atoms with Crippen molar-refractivity contribution in [3.8, 4) is 34.6 Å². The molecule has 0 atom stereocenters. The van der Waals surface area contributed by atoms with E-state index in [1.807, 2.05) is 13.8 Å². The summed E-state index contributed by atoms with van der Waals surface area (Å²) in [5, 5.41) is 0.295. The van der Waals surface area contributed by atoms with Gasteiger partial charge >= 0.3 is 5.97 Å². The van der Waals surface area contributed by atoms with Gasteiger partial charge < -0.3 is 9.47 Å². The van der Waals surface area contributed by atoms with Gasteiger partial charge in [0.15, 0.2) is 0 Å². The lowest BCUT2D eigenvalue weighted by molar-refractivity contribution is -0.143.